The van der Waals surface area contributed by atoms with Gasteiger partial charge in [-0.2, -0.15) is 0 Å². The van der Waals surface area contributed by atoms with Crippen molar-refractivity contribution >= 4 is 18.3 Å². The van der Waals surface area contributed by atoms with Gasteiger partial charge in [0.25, 0.3) is 5.91 Å². The summed E-state index contributed by atoms with van der Waals surface area (Å²) in [4.78, 5) is 14.7. The first-order valence-electron chi connectivity index (χ1n) is 7.95. The zero-order valence-corrected chi connectivity index (χ0v) is 14.4. The molecule has 3 nitrogen and oxygen atoms in total. The minimum Gasteiger partial charge on any atom is -0.331 e. The maximum absolute atomic E-state index is 13.6. The van der Waals surface area contributed by atoms with E-state index in [1.165, 1.54) is 12.1 Å². The van der Waals surface area contributed by atoms with Crippen molar-refractivity contribution in [1.82, 2.24) is 4.90 Å². The van der Waals surface area contributed by atoms with E-state index in [1.807, 2.05) is 35.2 Å². The van der Waals surface area contributed by atoms with E-state index in [1.54, 1.807) is 6.07 Å². The average Bonchev–Trinajstić information content (AvgIpc) is 2.96. The molecule has 1 amide bonds. The van der Waals surface area contributed by atoms with Crippen LogP contribution in [0.15, 0.2) is 48.5 Å². The summed E-state index contributed by atoms with van der Waals surface area (Å²) in [5, 5.41) is 0. The third-order valence-corrected chi connectivity index (χ3v) is 4.59. The number of nitrogens with two attached hydrogens (primary N) is 1. The summed E-state index contributed by atoms with van der Waals surface area (Å²) in [5.41, 5.74) is 8.11. The monoisotopic (exact) mass is 348 g/mol. The van der Waals surface area contributed by atoms with Crippen LogP contribution in [0.2, 0.25) is 0 Å². The average molecular weight is 349 g/mol. The number of nitrogens with zero attached hydrogens (tertiary/aromatic N) is 1. The topological polar surface area (TPSA) is 46.3 Å². The summed E-state index contributed by atoms with van der Waals surface area (Å²) >= 11 is 0. The normalized spacial score (nSPS) is 19.9. The van der Waals surface area contributed by atoms with Crippen LogP contribution >= 0.6 is 12.4 Å². The van der Waals surface area contributed by atoms with E-state index < -0.39 is 0 Å². The fraction of sp³-hybridized carbons (Fsp3) is 0.316. The molecule has 0 saturated carbocycles. The van der Waals surface area contributed by atoms with Gasteiger partial charge in [0.2, 0.25) is 0 Å². The molecule has 24 heavy (non-hydrogen) atoms. The van der Waals surface area contributed by atoms with Gasteiger partial charge < -0.3 is 10.6 Å². The standard InChI is InChI=1S/C19H21FN2O.ClH/c1-13-9-10-22(18(13)16-3-2-4-17(20)11-16)19(23)15-7-5-14(12-21)6-8-15;/h2-8,11,13,18H,9-10,12,21H2,1H3;1H. The van der Waals surface area contributed by atoms with E-state index in [-0.39, 0.29) is 30.2 Å². The van der Waals surface area contributed by atoms with Gasteiger partial charge in [-0.3, -0.25) is 4.79 Å². The zero-order chi connectivity index (χ0) is 16.4. The number of amides is 1. The molecule has 2 atom stereocenters. The molecule has 1 saturated heterocycles. The maximum atomic E-state index is 13.6. The van der Waals surface area contributed by atoms with Gasteiger partial charge in [0, 0.05) is 18.7 Å². The van der Waals surface area contributed by atoms with Crippen molar-refractivity contribution in [3.8, 4) is 0 Å². The Kier molecular flexibility index (Phi) is 5.97. The number of halogens is 2. The van der Waals surface area contributed by atoms with Crippen LogP contribution in [-0.4, -0.2) is 17.4 Å². The van der Waals surface area contributed by atoms with Crippen LogP contribution in [0.4, 0.5) is 4.39 Å². The van der Waals surface area contributed by atoms with E-state index in [9.17, 15) is 9.18 Å². The molecule has 2 aromatic rings. The predicted octanol–water partition coefficient (Wildman–Crippen LogP) is 3.93. The van der Waals surface area contributed by atoms with Crippen molar-refractivity contribution in [3.05, 3.63) is 71.0 Å². The molecule has 1 aliphatic rings. The van der Waals surface area contributed by atoms with Gasteiger partial charge in [0.05, 0.1) is 6.04 Å². The number of likely N-dealkylation sites (tertiary alicyclic amines) is 1. The van der Waals surface area contributed by atoms with Crippen LogP contribution in [0.5, 0.6) is 0 Å². The van der Waals surface area contributed by atoms with Gasteiger partial charge in [-0.05, 0) is 47.7 Å². The van der Waals surface area contributed by atoms with Gasteiger partial charge in [-0.25, -0.2) is 4.39 Å². The van der Waals surface area contributed by atoms with Gasteiger partial charge in [-0.1, -0.05) is 31.2 Å². The smallest absolute Gasteiger partial charge is 0.254 e. The maximum Gasteiger partial charge on any atom is 0.254 e. The zero-order valence-electron chi connectivity index (χ0n) is 13.6. The summed E-state index contributed by atoms with van der Waals surface area (Å²) in [6.45, 7) is 3.27. The van der Waals surface area contributed by atoms with Crippen LogP contribution in [-0.2, 0) is 6.54 Å². The first-order valence-corrected chi connectivity index (χ1v) is 7.95. The summed E-state index contributed by atoms with van der Waals surface area (Å²) in [7, 11) is 0. The third-order valence-electron chi connectivity index (χ3n) is 4.59. The van der Waals surface area contributed by atoms with Crippen molar-refractivity contribution in [2.24, 2.45) is 11.7 Å². The van der Waals surface area contributed by atoms with Crippen molar-refractivity contribution in [1.29, 1.82) is 0 Å². The number of carbonyl (C=O) groups is 1. The molecule has 0 bridgehead atoms. The number of hydrogen-bond acceptors (Lipinski definition) is 2. The van der Waals surface area contributed by atoms with Crippen LogP contribution in [0.1, 0.15) is 40.9 Å². The first kappa shape index (κ1) is 18.4. The molecule has 5 heteroatoms. The molecule has 0 aliphatic carbocycles. The highest BCUT2D eigenvalue weighted by Crippen LogP contribution is 2.38. The van der Waals surface area contributed by atoms with Crippen LogP contribution in [0, 0.1) is 11.7 Å². The highest BCUT2D eigenvalue weighted by molar-refractivity contribution is 5.94. The van der Waals surface area contributed by atoms with Gasteiger partial charge in [0.15, 0.2) is 0 Å². The van der Waals surface area contributed by atoms with Gasteiger partial charge in [-0.15, -0.1) is 12.4 Å². The summed E-state index contributed by atoms with van der Waals surface area (Å²) < 4.78 is 13.6. The Bertz CT molecular complexity index is 705. The molecule has 1 aliphatic heterocycles. The van der Waals surface area contributed by atoms with Crippen LogP contribution < -0.4 is 5.73 Å². The van der Waals surface area contributed by atoms with E-state index in [0.29, 0.717) is 24.6 Å². The molecule has 0 spiro atoms. The third kappa shape index (κ3) is 3.60. The van der Waals surface area contributed by atoms with E-state index in [2.05, 4.69) is 6.92 Å². The second kappa shape index (κ2) is 7.77. The van der Waals surface area contributed by atoms with E-state index >= 15 is 0 Å². The molecule has 1 fully saturated rings. The van der Waals surface area contributed by atoms with Crippen molar-refractivity contribution in [3.63, 3.8) is 0 Å². The molecule has 1 heterocycles. The van der Waals surface area contributed by atoms with Gasteiger partial charge >= 0.3 is 0 Å². The summed E-state index contributed by atoms with van der Waals surface area (Å²) in [6.07, 6.45) is 0.924. The number of rotatable bonds is 3. The molecule has 0 aromatic heterocycles. The molecule has 2 aromatic carbocycles. The fourth-order valence-electron chi connectivity index (χ4n) is 3.32. The second-order valence-electron chi connectivity index (χ2n) is 6.17. The molecule has 2 unspecified atom stereocenters. The Morgan fingerprint density at radius 1 is 1.25 bits per heavy atom. The molecular formula is C19H22ClFN2O. The van der Waals surface area contributed by atoms with E-state index in [4.69, 9.17) is 5.73 Å². The summed E-state index contributed by atoms with van der Waals surface area (Å²) in [5.74, 6) is 0.0394. The number of hydrogen-bond donors (Lipinski definition) is 1. The molecule has 128 valence electrons. The van der Waals surface area contributed by atoms with Crippen molar-refractivity contribution in [2.45, 2.75) is 25.9 Å². The highest BCUT2D eigenvalue weighted by atomic mass is 35.5. The lowest BCUT2D eigenvalue weighted by Crippen LogP contribution is -2.31. The molecular weight excluding hydrogens is 327 g/mol. The summed E-state index contributed by atoms with van der Waals surface area (Å²) in [6, 6.07) is 13.9. The molecule has 3 rings (SSSR count). The number of benzene rings is 2. The first-order chi connectivity index (χ1) is 11.1. The van der Waals surface area contributed by atoms with Gasteiger partial charge in [0.1, 0.15) is 5.82 Å². The minimum atomic E-state index is -0.263. The van der Waals surface area contributed by atoms with E-state index in [0.717, 1.165) is 17.5 Å². The van der Waals surface area contributed by atoms with Crippen molar-refractivity contribution < 1.29 is 9.18 Å². The Balaban J connectivity index is 0.00000208. The Labute approximate surface area is 148 Å². The molecule has 2 N–H and O–H groups in total. The van der Waals surface area contributed by atoms with Crippen LogP contribution in [0.25, 0.3) is 0 Å². The quantitative estimate of drug-likeness (QED) is 0.913. The highest BCUT2D eigenvalue weighted by Gasteiger charge is 2.36. The largest absolute Gasteiger partial charge is 0.331 e. The lowest BCUT2D eigenvalue weighted by molar-refractivity contribution is 0.0720. The Morgan fingerprint density at radius 2 is 1.96 bits per heavy atom. The fourth-order valence-corrected chi connectivity index (χ4v) is 3.32. The second-order valence-corrected chi connectivity index (χ2v) is 6.17. The number of carbonyl (C=O) groups excluding carboxylic acids is 1. The lowest BCUT2D eigenvalue weighted by atomic mass is 9.95. The van der Waals surface area contributed by atoms with Crippen LogP contribution in [0.3, 0.4) is 0 Å². The minimum absolute atomic E-state index is 0. The van der Waals surface area contributed by atoms with Crippen molar-refractivity contribution in [2.75, 3.05) is 6.54 Å². The lowest BCUT2D eigenvalue weighted by Gasteiger charge is -2.27. The Morgan fingerprint density at radius 3 is 2.58 bits per heavy atom. The predicted molar refractivity (Wildman–Crippen MR) is 95.5 cm³/mol. The molecule has 0 radical (unpaired) electrons. The SMILES string of the molecule is CC1CCN(C(=O)c2ccc(CN)cc2)C1c1cccc(F)c1.Cl. The Hall–Kier alpha value is -1.91.